The first-order chi connectivity index (χ1) is 14.1. The molecular weight excluding hydrogens is 376 g/mol. The smallest absolute Gasteiger partial charge is 0.328 e. The minimum absolute atomic E-state index is 0.0543. The summed E-state index contributed by atoms with van der Waals surface area (Å²) >= 11 is 0. The van der Waals surface area contributed by atoms with Gasteiger partial charge in [-0.3, -0.25) is 0 Å². The monoisotopic (exact) mass is 397 g/mol. The Bertz CT molecular complexity index is 983. The average molecular weight is 397 g/mol. The topological polar surface area (TPSA) is 63.2 Å². The van der Waals surface area contributed by atoms with Crippen molar-refractivity contribution in [2.75, 3.05) is 23.3 Å². The Labute approximate surface area is 167 Å². The molecule has 1 unspecified atom stereocenters. The summed E-state index contributed by atoms with van der Waals surface area (Å²) in [6.07, 6.45) is 2.19. The second-order valence-electron chi connectivity index (χ2n) is 7.10. The van der Waals surface area contributed by atoms with E-state index in [4.69, 9.17) is 4.74 Å². The molecule has 150 valence electrons. The summed E-state index contributed by atoms with van der Waals surface area (Å²) in [4.78, 5) is 15.2. The van der Waals surface area contributed by atoms with Crippen LogP contribution in [0.1, 0.15) is 19.8 Å². The van der Waals surface area contributed by atoms with E-state index in [2.05, 4.69) is 32.1 Å². The van der Waals surface area contributed by atoms with Gasteiger partial charge in [0.1, 0.15) is 17.4 Å². The molecule has 0 bridgehead atoms. The molecule has 1 N–H and O–H groups in total. The second kappa shape index (κ2) is 8.38. The number of hydrogen-bond donors (Lipinski definition) is 1. The molecule has 1 fully saturated rings. The van der Waals surface area contributed by atoms with Crippen LogP contribution in [0.3, 0.4) is 0 Å². The predicted octanol–water partition coefficient (Wildman–Crippen LogP) is 4.92. The van der Waals surface area contributed by atoms with Crippen LogP contribution in [0.2, 0.25) is 0 Å². The Hall–Kier alpha value is -3.29. The van der Waals surface area contributed by atoms with Gasteiger partial charge in [0.25, 0.3) is 0 Å². The van der Waals surface area contributed by atoms with E-state index in [0.29, 0.717) is 17.6 Å². The quantitative estimate of drug-likeness (QED) is 0.659. The molecule has 29 heavy (non-hydrogen) atoms. The SMILES string of the molecule is CC1CCCN(c2nc(Nc3ccccc3F)nc(Oc3ccc(F)cc3)n2)C1. The number of ether oxygens (including phenoxy) is 1. The Balaban J connectivity index is 1.66. The number of para-hydroxylation sites is 1. The summed E-state index contributed by atoms with van der Waals surface area (Å²) in [6.45, 7) is 3.82. The van der Waals surface area contributed by atoms with Crippen LogP contribution >= 0.6 is 0 Å². The molecule has 3 aromatic rings. The highest BCUT2D eigenvalue weighted by Gasteiger charge is 2.21. The van der Waals surface area contributed by atoms with Crippen LogP contribution in [0.5, 0.6) is 11.8 Å². The van der Waals surface area contributed by atoms with Crippen LogP contribution in [0.15, 0.2) is 48.5 Å². The van der Waals surface area contributed by atoms with Crippen LogP contribution in [0.4, 0.5) is 26.4 Å². The van der Waals surface area contributed by atoms with Gasteiger partial charge < -0.3 is 15.0 Å². The summed E-state index contributed by atoms with van der Waals surface area (Å²) in [5.41, 5.74) is 0.254. The Morgan fingerprint density at radius 3 is 2.59 bits per heavy atom. The minimum Gasteiger partial charge on any atom is -0.424 e. The van der Waals surface area contributed by atoms with Gasteiger partial charge in [-0.1, -0.05) is 19.1 Å². The van der Waals surface area contributed by atoms with E-state index in [1.807, 2.05) is 0 Å². The van der Waals surface area contributed by atoms with E-state index in [9.17, 15) is 8.78 Å². The number of piperidine rings is 1. The third-order valence-corrected chi connectivity index (χ3v) is 4.69. The Kier molecular flexibility index (Phi) is 5.50. The van der Waals surface area contributed by atoms with Gasteiger partial charge in [0.05, 0.1) is 5.69 Å². The molecule has 0 radical (unpaired) electrons. The first-order valence-electron chi connectivity index (χ1n) is 9.53. The zero-order chi connectivity index (χ0) is 20.2. The van der Waals surface area contributed by atoms with Crippen molar-refractivity contribution in [2.45, 2.75) is 19.8 Å². The Morgan fingerprint density at radius 1 is 1.03 bits per heavy atom. The fourth-order valence-corrected chi connectivity index (χ4v) is 3.25. The third-order valence-electron chi connectivity index (χ3n) is 4.69. The standard InChI is InChI=1S/C21H21F2N5O/c1-14-5-4-12-28(13-14)20-25-19(24-18-7-3-2-6-17(18)23)26-21(27-20)29-16-10-8-15(22)9-11-16/h2-3,6-11,14H,4-5,12-13H2,1H3,(H,24,25,26,27). The third kappa shape index (κ3) is 4.77. The molecule has 1 aliphatic heterocycles. The number of halogens is 2. The molecule has 1 saturated heterocycles. The van der Waals surface area contributed by atoms with E-state index in [1.54, 1.807) is 18.2 Å². The maximum Gasteiger partial charge on any atom is 0.328 e. The van der Waals surface area contributed by atoms with Crippen molar-refractivity contribution in [3.8, 4) is 11.8 Å². The van der Waals surface area contributed by atoms with E-state index in [-0.39, 0.29) is 23.5 Å². The molecule has 1 atom stereocenters. The van der Waals surface area contributed by atoms with Crippen molar-refractivity contribution in [1.29, 1.82) is 0 Å². The van der Waals surface area contributed by atoms with Crippen LogP contribution in [-0.4, -0.2) is 28.0 Å². The highest BCUT2D eigenvalue weighted by molar-refractivity contribution is 5.55. The highest BCUT2D eigenvalue weighted by Crippen LogP contribution is 2.26. The largest absolute Gasteiger partial charge is 0.424 e. The molecule has 0 amide bonds. The number of anilines is 3. The number of nitrogens with one attached hydrogen (secondary N) is 1. The van der Waals surface area contributed by atoms with Gasteiger partial charge in [0, 0.05) is 13.1 Å². The van der Waals surface area contributed by atoms with Crippen molar-refractivity contribution >= 4 is 17.6 Å². The zero-order valence-electron chi connectivity index (χ0n) is 16.0. The molecule has 0 spiro atoms. The number of nitrogens with zero attached hydrogens (tertiary/aromatic N) is 4. The van der Waals surface area contributed by atoms with Gasteiger partial charge in [0.15, 0.2) is 0 Å². The molecule has 4 rings (SSSR count). The van der Waals surface area contributed by atoms with E-state index in [1.165, 1.54) is 30.3 Å². The lowest BCUT2D eigenvalue weighted by atomic mass is 10.0. The van der Waals surface area contributed by atoms with Crippen LogP contribution in [0.25, 0.3) is 0 Å². The second-order valence-corrected chi connectivity index (χ2v) is 7.10. The van der Waals surface area contributed by atoms with E-state index >= 15 is 0 Å². The fourth-order valence-electron chi connectivity index (χ4n) is 3.25. The molecule has 1 aliphatic rings. The molecule has 2 heterocycles. The van der Waals surface area contributed by atoms with Crippen molar-refractivity contribution in [1.82, 2.24) is 15.0 Å². The summed E-state index contributed by atoms with van der Waals surface area (Å²) in [5.74, 6) is 0.773. The molecule has 1 aromatic heterocycles. The van der Waals surface area contributed by atoms with Crippen molar-refractivity contribution in [3.63, 3.8) is 0 Å². The summed E-state index contributed by atoms with van der Waals surface area (Å²) in [7, 11) is 0. The minimum atomic E-state index is -0.415. The highest BCUT2D eigenvalue weighted by atomic mass is 19.1. The molecule has 0 saturated carbocycles. The van der Waals surface area contributed by atoms with Crippen molar-refractivity contribution in [3.05, 3.63) is 60.2 Å². The molecule has 0 aliphatic carbocycles. The summed E-state index contributed by atoms with van der Waals surface area (Å²) in [5, 5.41) is 2.89. The van der Waals surface area contributed by atoms with Gasteiger partial charge >= 0.3 is 6.01 Å². The number of benzene rings is 2. The first-order valence-corrected chi connectivity index (χ1v) is 9.53. The number of rotatable bonds is 5. The Morgan fingerprint density at radius 2 is 1.83 bits per heavy atom. The molecule has 6 nitrogen and oxygen atoms in total. The first kappa shape index (κ1) is 19.0. The van der Waals surface area contributed by atoms with Crippen molar-refractivity contribution in [2.24, 2.45) is 5.92 Å². The molecular formula is C21H21F2N5O. The lowest BCUT2D eigenvalue weighted by Crippen LogP contribution is -2.35. The van der Waals surface area contributed by atoms with Crippen LogP contribution in [0, 0.1) is 17.6 Å². The summed E-state index contributed by atoms with van der Waals surface area (Å²) in [6, 6.07) is 11.9. The lowest BCUT2D eigenvalue weighted by molar-refractivity contribution is 0.424. The average Bonchev–Trinajstić information content (AvgIpc) is 2.71. The van der Waals surface area contributed by atoms with Crippen molar-refractivity contribution < 1.29 is 13.5 Å². The van der Waals surface area contributed by atoms with Crippen LogP contribution < -0.4 is 15.0 Å². The maximum atomic E-state index is 14.1. The molecule has 2 aromatic carbocycles. The summed E-state index contributed by atoms with van der Waals surface area (Å²) < 4.78 is 32.9. The number of hydrogen-bond acceptors (Lipinski definition) is 6. The molecule has 8 heteroatoms. The van der Waals surface area contributed by atoms with E-state index in [0.717, 1.165) is 25.9 Å². The van der Waals surface area contributed by atoms with Gasteiger partial charge in [-0.25, -0.2) is 8.78 Å². The lowest BCUT2D eigenvalue weighted by Gasteiger charge is -2.31. The van der Waals surface area contributed by atoms with Gasteiger partial charge in [-0.05, 0) is 55.2 Å². The van der Waals surface area contributed by atoms with Gasteiger partial charge in [-0.15, -0.1) is 0 Å². The van der Waals surface area contributed by atoms with Crippen LogP contribution in [-0.2, 0) is 0 Å². The zero-order valence-corrected chi connectivity index (χ0v) is 16.0. The predicted molar refractivity (Wildman–Crippen MR) is 107 cm³/mol. The van der Waals surface area contributed by atoms with Gasteiger partial charge in [-0.2, -0.15) is 15.0 Å². The van der Waals surface area contributed by atoms with E-state index < -0.39 is 5.82 Å². The normalized spacial score (nSPS) is 16.5. The fraction of sp³-hybridized carbons (Fsp3) is 0.286. The van der Waals surface area contributed by atoms with Gasteiger partial charge in [0.2, 0.25) is 11.9 Å². The maximum absolute atomic E-state index is 14.1. The number of aromatic nitrogens is 3.